The summed E-state index contributed by atoms with van der Waals surface area (Å²) in [5.41, 5.74) is 6.40. The Labute approximate surface area is 84.0 Å². The third-order valence-electron chi connectivity index (χ3n) is 3.18. The predicted molar refractivity (Wildman–Crippen MR) is 57.8 cm³/mol. The second-order valence-corrected chi connectivity index (χ2v) is 5.26. The topological polar surface area (TPSA) is 26.0 Å². The van der Waals surface area contributed by atoms with Gasteiger partial charge in [0.15, 0.2) is 0 Å². The minimum atomic E-state index is 0.000671. The molecule has 0 saturated heterocycles. The van der Waals surface area contributed by atoms with Crippen molar-refractivity contribution in [2.75, 3.05) is 0 Å². The van der Waals surface area contributed by atoms with Crippen molar-refractivity contribution >= 4 is 11.3 Å². The van der Waals surface area contributed by atoms with E-state index in [1.807, 2.05) is 0 Å². The number of thiophene rings is 1. The molecule has 1 aromatic heterocycles. The van der Waals surface area contributed by atoms with Crippen LogP contribution < -0.4 is 5.73 Å². The molecule has 0 bridgehead atoms. The molecule has 2 heteroatoms. The molecule has 0 radical (unpaired) electrons. The summed E-state index contributed by atoms with van der Waals surface area (Å²) in [5.74, 6) is 0.872. The van der Waals surface area contributed by atoms with E-state index < -0.39 is 0 Å². The predicted octanol–water partition coefficient (Wildman–Crippen LogP) is 3.11. The average molecular weight is 195 g/mol. The van der Waals surface area contributed by atoms with Crippen LogP contribution in [0.3, 0.4) is 0 Å². The van der Waals surface area contributed by atoms with Crippen molar-refractivity contribution in [3.8, 4) is 0 Å². The zero-order valence-corrected chi connectivity index (χ0v) is 8.94. The smallest absolute Gasteiger partial charge is 0.0503 e. The van der Waals surface area contributed by atoms with Crippen LogP contribution in [0.25, 0.3) is 0 Å². The Bertz CT molecular complexity index is 258. The van der Waals surface area contributed by atoms with Crippen molar-refractivity contribution in [2.24, 2.45) is 11.7 Å². The quantitative estimate of drug-likeness (QED) is 0.732. The van der Waals surface area contributed by atoms with Gasteiger partial charge < -0.3 is 5.73 Å². The van der Waals surface area contributed by atoms with Crippen molar-refractivity contribution in [3.63, 3.8) is 0 Å². The van der Waals surface area contributed by atoms with Gasteiger partial charge >= 0.3 is 0 Å². The van der Waals surface area contributed by atoms with Crippen molar-refractivity contribution in [2.45, 2.75) is 38.1 Å². The molecule has 13 heavy (non-hydrogen) atoms. The van der Waals surface area contributed by atoms with Gasteiger partial charge in [-0.3, -0.25) is 0 Å². The second-order valence-electron chi connectivity index (χ2n) is 4.32. The van der Waals surface area contributed by atoms with E-state index in [0.717, 1.165) is 18.8 Å². The second kappa shape index (κ2) is 3.43. The van der Waals surface area contributed by atoms with E-state index >= 15 is 0 Å². The van der Waals surface area contributed by atoms with Crippen LogP contribution in [0.2, 0.25) is 0 Å². The molecular weight excluding hydrogens is 178 g/mol. The summed E-state index contributed by atoms with van der Waals surface area (Å²) >= 11 is 1.80. The van der Waals surface area contributed by atoms with Gasteiger partial charge in [-0.2, -0.15) is 0 Å². The van der Waals surface area contributed by atoms with Gasteiger partial charge in [-0.25, -0.2) is 0 Å². The molecule has 0 spiro atoms. The monoisotopic (exact) mass is 195 g/mol. The lowest BCUT2D eigenvalue weighted by Crippen LogP contribution is -2.39. The van der Waals surface area contributed by atoms with E-state index in [4.69, 9.17) is 5.73 Å². The maximum absolute atomic E-state index is 6.40. The van der Waals surface area contributed by atoms with Crippen LogP contribution in [0.4, 0.5) is 0 Å². The first-order valence-electron chi connectivity index (χ1n) is 5.03. The third-order valence-corrected chi connectivity index (χ3v) is 4.27. The van der Waals surface area contributed by atoms with Crippen LogP contribution in [-0.4, -0.2) is 0 Å². The molecule has 1 aliphatic carbocycles. The molecule has 1 aliphatic rings. The highest BCUT2D eigenvalue weighted by Crippen LogP contribution is 2.38. The molecule has 0 aliphatic heterocycles. The summed E-state index contributed by atoms with van der Waals surface area (Å²) in [6.45, 7) is 2.33. The first-order valence-corrected chi connectivity index (χ1v) is 5.91. The molecule has 1 aromatic rings. The third kappa shape index (κ3) is 1.79. The molecule has 0 aromatic carbocycles. The van der Waals surface area contributed by atoms with Crippen LogP contribution in [0.5, 0.6) is 0 Å². The normalized spacial score (nSPS) is 34.8. The standard InChI is InChI=1S/C11H17NS/c1-9-4-6-11(12,7-5-9)10-3-2-8-13-10/h2-3,8-9H,4-7,12H2,1H3. The van der Waals surface area contributed by atoms with Crippen molar-refractivity contribution in [3.05, 3.63) is 22.4 Å². The lowest BCUT2D eigenvalue weighted by Gasteiger charge is -2.35. The van der Waals surface area contributed by atoms with Crippen molar-refractivity contribution < 1.29 is 0 Å². The first-order chi connectivity index (χ1) is 6.21. The lowest BCUT2D eigenvalue weighted by molar-refractivity contribution is 0.252. The van der Waals surface area contributed by atoms with Gasteiger partial charge in [-0.05, 0) is 43.0 Å². The largest absolute Gasteiger partial charge is 0.321 e. The molecule has 1 fully saturated rings. The molecule has 1 saturated carbocycles. The minimum absolute atomic E-state index is 0.000671. The maximum Gasteiger partial charge on any atom is 0.0503 e. The van der Waals surface area contributed by atoms with Crippen LogP contribution in [0.15, 0.2) is 17.5 Å². The Kier molecular flexibility index (Phi) is 2.43. The highest BCUT2D eigenvalue weighted by Gasteiger charge is 2.32. The Morgan fingerprint density at radius 3 is 2.69 bits per heavy atom. The van der Waals surface area contributed by atoms with E-state index in [-0.39, 0.29) is 5.54 Å². The summed E-state index contributed by atoms with van der Waals surface area (Å²) in [5, 5.41) is 2.13. The van der Waals surface area contributed by atoms with Crippen molar-refractivity contribution in [1.29, 1.82) is 0 Å². The van der Waals surface area contributed by atoms with Gasteiger partial charge in [0.05, 0.1) is 5.54 Å². The molecule has 0 amide bonds. The molecule has 0 unspecified atom stereocenters. The minimum Gasteiger partial charge on any atom is -0.321 e. The van der Waals surface area contributed by atoms with Gasteiger partial charge in [0.1, 0.15) is 0 Å². The van der Waals surface area contributed by atoms with Crippen molar-refractivity contribution in [1.82, 2.24) is 0 Å². The molecule has 1 heterocycles. The fourth-order valence-electron chi connectivity index (χ4n) is 2.09. The average Bonchev–Trinajstić information content (AvgIpc) is 2.63. The summed E-state index contributed by atoms with van der Waals surface area (Å²) in [7, 11) is 0. The molecule has 72 valence electrons. The van der Waals surface area contributed by atoms with Crippen LogP contribution in [-0.2, 0) is 5.54 Å². The van der Waals surface area contributed by atoms with Gasteiger partial charge in [0.25, 0.3) is 0 Å². The number of hydrogen-bond acceptors (Lipinski definition) is 2. The molecule has 2 N–H and O–H groups in total. The number of hydrogen-bond donors (Lipinski definition) is 1. The van der Waals surface area contributed by atoms with Gasteiger partial charge in [0, 0.05) is 4.88 Å². The SMILES string of the molecule is CC1CCC(N)(c2cccs2)CC1. The molecule has 0 atom stereocenters. The van der Waals surface area contributed by atoms with E-state index in [2.05, 4.69) is 24.4 Å². The van der Waals surface area contributed by atoms with Crippen LogP contribution in [0.1, 0.15) is 37.5 Å². The molecule has 2 rings (SSSR count). The number of rotatable bonds is 1. The van der Waals surface area contributed by atoms with Gasteiger partial charge in [-0.15, -0.1) is 11.3 Å². The fourth-order valence-corrected chi connectivity index (χ4v) is 2.99. The summed E-state index contributed by atoms with van der Waals surface area (Å²) < 4.78 is 0. The summed E-state index contributed by atoms with van der Waals surface area (Å²) in [6.07, 6.45) is 4.89. The van der Waals surface area contributed by atoms with Gasteiger partial charge in [0.2, 0.25) is 0 Å². The molecular formula is C11H17NS. The highest BCUT2D eigenvalue weighted by molar-refractivity contribution is 7.10. The van der Waals surface area contributed by atoms with Crippen LogP contribution in [0, 0.1) is 5.92 Å². The summed E-state index contributed by atoms with van der Waals surface area (Å²) in [4.78, 5) is 1.37. The van der Waals surface area contributed by atoms with E-state index in [0.29, 0.717) is 0 Å². The summed E-state index contributed by atoms with van der Waals surface area (Å²) in [6, 6.07) is 4.29. The first kappa shape index (κ1) is 9.22. The zero-order chi connectivity index (χ0) is 9.31. The number of nitrogens with two attached hydrogens (primary N) is 1. The van der Waals surface area contributed by atoms with E-state index in [9.17, 15) is 0 Å². The zero-order valence-electron chi connectivity index (χ0n) is 8.12. The Morgan fingerprint density at radius 2 is 2.15 bits per heavy atom. The molecule has 1 nitrogen and oxygen atoms in total. The Morgan fingerprint density at radius 1 is 1.46 bits per heavy atom. The highest BCUT2D eigenvalue weighted by atomic mass is 32.1. The lowest BCUT2D eigenvalue weighted by atomic mass is 9.77. The Hall–Kier alpha value is -0.340. The fraction of sp³-hybridized carbons (Fsp3) is 0.636. The van der Waals surface area contributed by atoms with E-state index in [1.54, 1.807) is 11.3 Å². The maximum atomic E-state index is 6.40. The van der Waals surface area contributed by atoms with Crippen LogP contribution >= 0.6 is 11.3 Å². The Balaban J connectivity index is 2.13. The van der Waals surface area contributed by atoms with Gasteiger partial charge in [-0.1, -0.05) is 13.0 Å². The van der Waals surface area contributed by atoms with E-state index in [1.165, 1.54) is 17.7 Å².